The molecule has 6 atom stereocenters. The molecule has 2 aromatic rings. The Morgan fingerprint density at radius 1 is 0.928 bits per heavy atom. The number of aromatic nitrogens is 4. The Hall–Kier alpha value is -6.79. The number of alkyl carbamates (subject to hydrolysis) is 2. The smallest absolute Gasteiger partial charge is 0.407 e. The minimum Gasteiger partial charge on any atom is -0.470 e. The highest BCUT2D eigenvalue weighted by molar-refractivity contribution is 5.87. The normalized spacial score (nSPS) is 23.9. The second kappa shape index (κ2) is 19.7. The lowest BCUT2D eigenvalue weighted by Crippen LogP contribution is -2.51. The fourth-order valence-electron chi connectivity index (χ4n) is 9.95. The van der Waals surface area contributed by atoms with Crippen molar-refractivity contribution in [1.29, 1.82) is 0 Å². The van der Waals surface area contributed by atoms with E-state index in [2.05, 4.69) is 54.0 Å². The number of halogens is 3. The summed E-state index contributed by atoms with van der Waals surface area (Å²) in [6, 6.07) is -3.80. The average Bonchev–Trinajstić information content (AvgIpc) is 4.19. The van der Waals surface area contributed by atoms with Gasteiger partial charge in [-0.1, -0.05) is 64.7 Å². The van der Waals surface area contributed by atoms with Gasteiger partial charge in [0, 0.05) is 29.7 Å². The lowest BCUT2D eigenvalue weighted by atomic mass is 9.93. The summed E-state index contributed by atoms with van der Waals surface area (Å²) >= 11 is 0. The number of allylic oxidation sites excluding steroid dienone is 8. The van der Waals surface area contributed by atoms with Crippen LogP contribution in [-0.4, -0.2) is 116 Å². The molecule has 8 rings (SSSR count). The Kier molecular flexibility index (Phi) is 13.9. The maximum absolute atomic E-state index is 17.4. The third-order valence-corrected chi connectivity index (χ3v) is 13.6. The topological polar surface area (TPSA) is 187 Å². The van der Waals surface area contributed by atoms with E-state index in [9.17, 15) is 19.2 Å². The zero-order valence-electron chi connectivity index (χ0n) is 39.9. The van der Waals surface area contributed by atoms with Gasteiger partial charge in [0.25, 0.3) is 5.92 Å². The van der Waals surface area contributed by atoms with E-state index in [1.54, 1.807) is 50.1 Å². The zero-order valence-corrected chi connectivity index (χ0v) is 39.9. The van der Waals surface area contributed by atoms with Crippen molar-refractivity contribution in [2.75, 3.05) is 27.3 Å². The van der Waals surface area contributed by atoms with Crippen LogP contribution in [0.3, 0.4) is 0 Å². The van der Waals surface area contributed by atoms with Crippen molar-refractivity contribution in [3.63, 3.8) is 0 Å². The number of rotatable bonds is 13. The van der Waals surface area contributed by atoms with Gasteiger partial charge in [0.15, 0.2) is 12.1 Å². The molecule has 0 aromatic carbocycles. The number of ether oxygens (including phenoxy) is 3. The predicted molar refractivity (Wildman–Crippen MR) is 250 cm³/mol. The first-order valence-electron chi connectivity index (χ1n) is 23.4. The van der Waals surface area contributed by atoms with E-state index in [-0.39, 0.29) is 23.7 Å². The summed E-state index contributed by atoms with van der Waals surface area (Å²) in [4.78, 5) is 72.0. The number of hydrogen-bond acceptors (Lipinski definition) is 10. The van der Waals surface area contributed by atoms with Gasteiger partial charge in [-0.3, -0.25) is 9.59 Å². The average molecular weight is 956 g/mol. The molecular weight excluding hydrogens is 896 g/mol. The number of alkyl halides is 2. The maximum Gasteiger partial charge on any atom is 0.407 e. The van der Waals surface area contributed by atoms with Crippen molar-refractivity contribution in [2.45, 2.75) is 116 Å². The van der Waals surface area contributed by atoms with Crippen molar-refractivity contribution in [3.05, 3.63) is 119 Å². The number of aromatic amines is 2. The molecule has 69 heavy (non-hydrogen) atoms. The first-order valence-corrected chi connectivity index (χ1v) is 23.4. The SMILES string of the molecule is C=C(/C=C\C1=C(C)OC(C2=CCCC=C2)N2C1=C(F)C1=CC(c3cnc([C@@H]4CC(F)(F)CN4C(=O)[C@@H](NC(=O)OC)C(C)C)[nH]3)=CCC12)c1cnc([C@@H]2CCCN2C(=O)[C@@H](NC(=O)OC)C(C)C)[nH]1. The molecule has 2 unspecified atom stereocenters. The van der Waals surface area contributed by atoms with Gasteiger partial charge >= 0.3 is 12.2 Å². The first kappa shape index (κ1) is 48.7. The van der Waals surface area contributed by atoms with E-state index in [0.717, 1.165) is 36.8 Å². The summed E-state index contributed by atoms with van der Waals surface area (Å²) in [5.74, 6) is -3.93. The molecule has 2 aromatic heterocycles. The fraction of sp³-hybridized carbons (Fsp3) is 0.480. The molecule has 4 N–H and O–H groups in total. The highest BCUT2D eigenvalue weighted by Gasteiger charge is 2.51. The molecule has 2 saturated heterocycles. The fourth-order valence-corrected chi connectivity index (χ4v) is 9.95. The van der Waals surface area contributed by atoms with Crippen molar-refractivity contribution in [2.24, 2.45) is 11.8 Å². The molecule has 2 fully saturated rings. The molecule has 2 aliphatic carbocycles. The second-order valence-electron chi connectivity index (χ2n) is 18.9. The second-order valence-corrected chi connectivity index (χ2v) is 18.9. The Morgan fingerprint density at radius 3 is 2.25 bits per heavy atom. The van der Waals surface area contributed by atoms with E-state index in [0.29, 0.717) is 70.3 Å². The van der Waals surface area contributed by atoms with Crippen molar-refractivity contribution in [1.82, 2.24) is 45.3 Å². The molecule has 0 spiro atoms. The number of nitrogens with one attached hydrogen (secondary N) is 4. The highest BCUT2D eigenvalue weighted by atomic mass is 19.3. The molecule has 0 radical (unpaired) electrons. The number of carbonyl (C=O) groups excluding carboxylic acids is 4. The van der Waals surface area contributed by atoms with Crippen molar-refractivity contribution in [3.8, 4) is 0 Å². The number of imidazole rings is 2. The molecule has 4 amide bonds. The summed E-state index contributed by atoms with van der Waals surface area (Å²) in [7, 11) is 2.41. The summed E-state index contributed by atoms with van der Waals surface area (Å²) < 4.78 is 63.7. The van der Waals surface area contributed by atoms with Gasteiger partial charge < -0.3 is 49.5 Å². The van der Waals surface area contributed by atoms with Gasteiger partial charge in [0.1, 0.15) is 29.5 Å². The zero-order chi connectivity index (χ0) is 49.5. The number of carbonyl (C=O) groups is 4. The third-order valence-electron chi connectivity index (χ3n) is 13.6. The first-order chi connectivity index (χ1) is 32.9. The number of hydrogen-bond donors (Lipinski definition) is 4. The minimum absolute atomic E-state index is 0.141. The summed E-state index contributed by atoms with van der Waals surface area (Å²) in [6.45, 7) is 12.9. The van der Waals surface area contributed by atoms with Crippen LogP contribution in [0.4, 0.5) is 22.8 Å². The van der Waals surface area contributed by atoms with Crippen LogP contribution in [0.2, 0.25) is 0 Å². The Labute approximate surface area is 399 Å². The standard InChI is InChI=1S/C50H60F3N9O7/c1-26(2)40(58-48(65)67-7)45(63)60-20-12-15-37(60)43-54-23-34(56-43)28(5)16-18-32-29(6)69-47(30-13-10-9-11-14-30)62-36-19-17-31(21-33(36)39(51)42(32)62)35-24-55-44(57-35)38-22-50(52,53)25-61(38)46(64)41(27(3)4)59-49(66)68-8/h10,13-14,16-18,21,23-24,26-27,36-38,40-41,47H,5,9,11-12,15,19-20,22,25H2,1-4,6-8H3,(H,54,56)(H,55,57)(H,58,65)(H,59,66)/b18-16-/t36?,37-,38-,40-,41-,47?/m0/s1. The van der Waals surface area contributed by atoms with Gasteiger partial charge in [0.2, 0.25) is 11.8 Å². The van der Waals surface area contributed by atoms with E-state index in [4.69, 9.17) is 9.47 Å². The molecule has 368 valence electrons. The largest absolute Gasteiger partial charge is 0.470 e. The Balaban J connectivity index is 1.05. The molecule has 4 aliphatic heterocycles. The quantitative estimate of drug-likeness (QED) is 0.143. The van der Waals surface area contributed by atoms with E-state index in [1.165, 1.54) is 13.3 Å². The van der Waals surface area contributed by atoms with Crippen LogP contribution in [0.25, 0.3) is 11.1 Å². The summed E-state index contributed by atoms with van der Waals surface area (Å²) in [5.41, 5.74) is 4.42. The Morgan fingerprint density at radius 2 is 1.59 bits per heavy atom. The number of amides is 4. The van der Waals surface area contributed by atoms with Crippen LogP contribution in [0.5, 0.6) is 0 Å². The number of methoxy groups -OCH3 is 2. The third kappa shape index (κ3) is 9.64. The minimum atomic E-state index is -3.21. The van der Waals surface area contributed by atoms with Crippen LogP contribution in [0, 0.1) is 11.8 Å². The van der Waals surface area contributed by atoms with Crippen LogP contribution in [0.1, 0.15) is 108 Å². The van der Waals surface area contributed by atoms with Gasteiger partial charge in [-0.05, 0) is 74.2 Å². The van der Waals surface area contributed by atoms with Crippen molar-refractivity contribution >= 4 is 35.1 Å². The van der Waals surface area contributed by atoms with Crippen LogP contribution in [-0.2, 0) is 23.8 Å². The van der Waals surface area contributed by atoms with Crippen LogP contribution >= 0.6 is 0 Å². The van der Waals surface area contributed by atoms with E-state index < -0.39 is 79.1 Å². The van der Waals surface area contributed by atoms with Gasteiger partial charge in [0.05, 0.1) is 68.4 Å². The molecule has 6 aliphatic rings. The van der Waals surface area contributed by atoms with Gasteiger partial charge in [-0.15, -0.1) is 0 Å². The van der Waals surface area contributed by atoms with Crippen LogP contribution in [0.15, 0.2) is 95.5 Å². The van der Waals surface area contributed by atoms with Gasteiger partial charge in [-0.25, -0.2) is 32.7 Å². The van der Waals surface area contributed by atoms with Crippen molar-refractivity contribution < 1.29 is 46.6 Å². The number of fused-ring (bicyclic) bond motifs is 3. The summed E-state index contributed by atoms with van der Waals surface area (Å²) in [6.07, 6.45) is 17.3. The maximum atomic E-state index is 17.4. The molecular formula is C50H60F3N9O7. The van der Waals surface area contributed by atoms with Gasteiger partial charge in [-0.2, -0.15) is 0 Å². The Bertz CT molecular complexity index is 2620. The lowest BCUT2D eigenvalue weighted by Gasteiger charge is -2.42. The highest BCUT2D eigenvalue weighted by Crippen LogP contribution is 2.50. The lowest BCUT2D eigenvalue weighted by molar-refractivity contribution is -0.137. The molecule has 0 saturated carbocycles. The molecule has 6 heterocycles. The van der Waals surface area contributed by atoms with E-state index >= 15 is 13.2 Å². The summed E-state index contributed by atoms with van der Waals surface area (Å²) in [5, 5.41) is 5.15. The molecule has 19 heteroatoms. The predicted octanol–water partition coefficient (Wildman–Crippen LogP) is 8.22. The van der Waals surface area contributed by atoms with Crippen LogP contribution < -0.4 is 10.6 Å². The molecule has 0 bridgehead atoms. The number of H-pyrrole nitrogens is 2. The molecule has 16 nitrogen and oxygen atoms in total. The number of likely N-dealkylation sites (tertiary alicyclic amines) is 2. The monoisotopic (exact) mass is 955 g/mol. The van der Waals surface area contributed by atoms with E-state index in [1.807, 2.05) is 30.9 Å². The number of nitrogens with zero attached hydrogens (tertiary/aromatic N) is 5.